The van der Waals surface area contributed by atoms with Gasteiger partial charge in [-0.3, -0.25) is 0 Å². The topological polar surface area (TPSA) is 17.8 Å². The summed E-state index contributed by atoms with van der Waals surface area (Å²) in [5.74, 6) is 2.00. The second-order valence-corrected chi connectivity index (χ2v) is 5.76. The van der Waals surface area contributed by atoms with Crippen LogP contribution in [0.4, 0.5) is 0 Å². The van der Waals surface area contributed by atoms with Crippen molar-refractivity contribution in [3.8, 4) is 11.3 Å². The normalized spacial score (nSPS) is 19.1. The maximum absolute atomic E-state index is 4.74. The summed E-state index contributed by atoms with van der Waals surface area (Å²) in [6, 6.07) is 8.34. The van der Waals surface area contributed by atoms with Crippen molar-refractivity contribution in [3.05, 3.63) is 40.8 Å². The van der Waals surface area contributed by atoms with Gasteiger partial charge in [-0.05, 0) is 24.5 Å². The van der Waals surface area contributed by atoms with Crippen LogP contribution in [-0.4, -0.2) is 9.55 Å². The molecule has 1 aromatic heterocycles. The molecule has 1 aliphatic rings. The third kappa shape index (κ3) is 2.16. The molecule has 3 rings (SSSR count). The molecule has 3 heteroatoms. The maximum atomic E-state index is 4.74. The van der Waals surface area contributed by atoms with Gasteiger partial charge in [0.1, 0.15) is 5.82 Å². The number of aromatic nitrogens is 2. The molecule has 0 radical (unpaired) electrons. The van der Waals surface area contributed by atoms with E-state index in [0.717, 1.165) is 29.1 Å². The van der Waals surface area contributed by atoms with Crippen molar-refractivity contribution >= 4 is 15.9 Å². The highest BCUT2D eigenvalue weighted by atomic mass is 79.9. The van der Waals surface area contributed by atoms with Crippen molar-refractivity contribution in [2.75, 3.05) is 0 Å². The van der Waals surface area contributed by atoms with Crippen molar-refractivity contribution in [2.45, 2.75) is 26.3 Å². The van der Waals surface area contributed by atoms with E-state index in [9.17, 15) is 0 Å². The minimum atomic E-state index is 0.770. The Morgan fingerprint density at radius 3 is 3.12 bits per heavy atom. The standard InChI is InChI=1S/C14H15BrN2/c1-10-5-6-14-16-13(9-17(14)8-10)11-3-2-4-12(15)7-11/h2-4,7,9-10H,5-6,8H2,1H3/t10-/m1/s1. The third-order valence-corrected chi connectivity index (χ3v) is 3.84. The van der Waals surface area contributed by atoms with Crippen LogP contribution in [0, 0.1) is 5.92 Å². The Kier molecular flexibility index (Phi) is 2.79. The van der Waals surface area contributed by atoms with Crippen molar-refractivity contribution in [2.24, 2.45) is 5.92 Å². The van der Waals surface area contributed by atoms with E-state index in [1.54, 1.807) is 0 Å². The summed E-state index contributed by atoms with van der Waals surface area (Å²) in [6.07, 6.45) is 4.55. The molecule has 0 unspecified atom stereocenters. The second kappa shape index (κ2) is 4.30. The van der Waals surface area contributed by atoms with Gasteiger partial charge in [0.05, 0.1) is 5.69 Å². The molecule has 2 aromatic rings. The van der Waals surface area contributed by atoms with Crippen LogP contribution in [0.2, 0.25) is 0 Å². The van der Waals surface area contributed by atoms with Crippen LogP contribution in [0.25, 0.3) is 11.3 Å². The predicted octanol–water partition coefficient (Wildman–Crippen LogP) is 3.89. The molecule has 0 spiro atoms. The fraction of sp³-hybridized carbons (Fsp3) is 0.357. The quantitative estimate of drug-likeness (QED) is 0.779. The van der Waals surface area contributed by atoms with Crippen LogP contribution in [0.5, 0.6) is 0 Å². The summed E-state index contributed by atoms with van der Waals surface area (Å²) < 4.78 is 3.42. The molecule has 0 N–H and O–H groups in total. The van der Waals surface area contributed by atoms with E-state index in [0.29, 0.717) is 0 Å². The molecule has 1 atom stereocenters. The second-order valence-electron chi connectivity index (χ2n) is 4.85. The average Bonchev–Trinajstić information content (AvgIpc) is 2.72. The van der Waals surface area contributed by atoms with Gasteiger partial charge in [-0.25, -0.2) is 4.98 Å². The molecule has 0 amide bonds. The van der Waals surface area contributed by atoms with Gasteiger partial charge < -0.3 is 4.57 Å². The lowest BCUT2D eigenvalue weighted by Crippen LogP contribution is -2.17. The molecule has 88 valence electrons. The first-order chi connectivity index (χ1) is 8.22. The Hall–Kier alpha value is -1.09. The zero-order chi connectivity index (χ0) is 11.8. The zero-order valence-electron chi connectivity index (χ0n) is 9.86. The molecule has 1 aromatic carbocycles. The van der Waals surface area contributed by atoms with Gasteiger partial charge in [0.2, 0.25) is 0 Å². The lowest BCUT2D eigenvalue weighted by atomic mass is 10.0. The highest BCUT2D eigenvalue weighted by Gasteiger charge is 2.17. The summed E-state index contributed by atoms with van der Waals surface area (Å²) in [7, 11) is 0. The van der Waals surface area contributed by atoms with Gasteiger partial charge in [-0.2, -0.15) is 0 Å². The largest absolute Gasteiger partial charge is 0.334 e. The van der Waals surface area contributed by atoms with Crippen LogP contribution in [0.15, 0.2) is 34.9 Å². The molecule has 17 heavy (non-hydrogen) atoms. The van der Waals surface area contributed by atoms with Crippen molar-refractivity contribution in [1.82, 2.24) is 9.55 Å². The van der Waals surface area contributed by atoms with E-state index in [1.165, 1.54) is 17.8 Å². The van der Waals surface area contributed by atoms with E-state index in [4.69, 9.17) is 4.98 Å². The fourth-order valence-electron chi connectivity index (χ4n) is 2.40. The van der Waals surface area contributed by atoms with Crippen molar-refractivity contribution < 1.29 is 0 Å². The van der Waals surface area contributed by atoms with E-state index in [2.05, 4.69) is 51.8 Å². The Labute approximate surface area is 110 Å². The first kappa shape index (κ1) is 11.0. The summed E-state index contributed by atoms with van der Waals surface area (Å²) in [5.41, 5.74) is 2.28. The van der Waals surface area contributed by atoms with Crippen LogP contribution < -0.4 is 0 Å². The Morgan fingerprint density at radius 1 is 1.41 bits per heavy atom. The zero-order valence-corrected chi connectivity index (χ0v) is 11.4. The maximum Gasteiger partial charge on any atom is 0.109 e. The Bertz CT molecular complexity index is 545. The number of imidazole rings is 1. The molecule has 0 saturated carbocycles. The van der Waals surface area contributed by atoms with E-state index in [-0.39, 0.29) is 0 Å². The van der Waals surface area contributed by atoms with E-state index in [1.807, 2.05) is 6.07 Å². The smallest absolute Gasteiger partial charge is 0.109 e. The number of halogens is 1. The predicted molar refractivity (Wildman–Crippen MR) is 72.8 cm³/mol. The van der Waals surface area contributed by atoms with Crippen molar-refractivity contribution in [3.63, 3.8) is 0 Å². The summed E-state index contributed by atoms with van der Waals surface area (Å²) >= 11 is 3.51. The van der Waals surface area contributed by atoms with Crippen LogP contribution in [-0.2, 0) is 13.0 Å². The Morgan fingerprint density at radius 2 is 2.29 bits per heavy atom. The van der Waals surface area contributed by atoms with E-state index >= 15 is 0 Å². The minimum absolute atomic E-state index is 0.770. The molecular weight excluding hydrogens is 276 g/mol. The third-order valence-electron chi connectivity index (χ3n) is 3.35. The molecule has 1 aliphatic heterocycles. The number of fused-ring (bicyclic) bond motifs is 1. The monoisotopic (exact) mass is 290 g/mol. The van der Waals surface area contributed by atoms with Gasteiger partial charge in [-0.15, -0.1) is 0 Å². The van der Waals surface area contributed by atoms with Crippen LogP contribution in [0.1, 0.15) is 19.2 Å². The SMILES string of the molecule is C[C@@H]1CCc2nc(-c3cccc(Br)c3)cn2C1. The fourth-order valence-corrected chi connectivity index (χ4v) is 2.80. The molecule has 0 bridgehead atoms. The van der Waals surface area contributed by atoms with Crippen LogP contribution >= 0.6 is 15.9 Å². The molecule has 0 aliphatic carbocycles. The molecule has 0 fully saturated rings. The molecule has 2 heterocycles. The number of hydrogen-bond acceptors (Lipinski definition) is 1. The minimum Gasteiger partial charge on any atom is -0.334 e. The summed E-state index contributed by atoms with van der Waals surface area (Å²) in [5, 5.41) is 0. The van der Waals surface area contributed by atoms with Gasteiger partial charge >= 0.3 is 0 Å². The summed E-state index contributed by atoms with van der Waals surface area (Å²) in [4.78, 5) is 4.74. The first-order valence-electron chi connectivity index (χ1n) is 6.04. The lowest BCUT2D eigenvalue weighted by molar-refractivity contribution is 0.394. The number of nitrogens with zero attached hydrogens (tertiary/aromatic N) is 2. The van der Waals surface area contributed by atoms with Crippen molar-refractivity contribution in [1.29, 1.82) is 0 Å². The molecule has 0 saturated heterocycles. The van der Waals surface area contributed by atoms with Gasteiger partial charge in [0.25, 0.3) is 0 Å². The summed E-state index contributed by atoms with van der Waals surface area (Å²) in [6.45, 7) is 3.41. The first-order valence-corrected chi connectivity index (χ1v) is 6.83. The average molecular weight is 291 g/mol. The highest BCUT2D eigenvalue weighted by molar-refractivity contribution is 9.10. The van der Waals surface area contributed by atoms with Gasteiger partial charge in [-0.1, -0.05) is 35.0 Å². The number of rotatable bonds is 1. The van der Waals surface area contributed by atoms with Gasteiger partial charge in [0.15, 0.2) is 0 Å². The number of hydrogen-bond donors (Lipinski definition) is 0. The number of aryl methyl sites for hydroxylation is 1. The highest BCUT2D eigenvalue weighted by Crippen LogP contribution is 2.26. The van der Waals surface area contributed by atoms with Crippen LogP contribution in [0.3, 0.4) is 0 Å². The van der Waals surface area contributed by atoms with E-state index < -0.39 is 0 Å². The molecule has 2 nitrogen and oxygen atoms in total. The lowest BCUT2D eigenvalue weighted by Gasteiger charge is -2.19. The number of benzene rings is 1. The Balaban J connectivity index is 2.00. The van der Waals surface area contributed by atoms with Gasteiger partial charge in [0, 0.05) is 29.2 Å². The molecular formula is C14H15BrN2.